The highest BCUT2D eigenvalue weighted by atomic mass is 16.5. The molecule has 0 fully saturated rings. The number of pyridine rings is 1. The second-order valence-corrected chi connectivity index (χ2v) is 13.7. The van der Waals surface area contributed by atoms with Crippen molar-refractivity contribution in [3.63, 3.8) is 0 Å². The van der Waals surface area contributed by atoms with Gasteiger partial charge in [-0.1, -0.05) is 91.0 Å². The predicted octanol–water partition coefficient (Wildman–Crippen LogP) is 13.9. The number of anilines is 6. The van der Waals surface area contributed by atoms with Gasteiger partial charge in [0, 0.05) is 22.5 Å². The summed E-state index contributed by atoms with van der Waals surface area (Å²) < 4.78 is 12.5. The molecule has 5 heteroatoms. The molecule has 0 radical (unpaired) electrons. The van der Waals surface area contributed by atoms with Gasteiger partial charge in [-0.2, -0.15) is 0 Å². The van der Waals surface area contributed by atoms with E-state index in [0.717, 1.165) is 85.2 Å². The summed E-state index contributed by atoms with van der Waals surface area (Å²) in [6.45, 7) is 4.36. The highest BCUT2D eigenvalue weighted by molar-refractivity contribution is 5.89. The molecule has 0 atom stereocenters. The molecule has 0 bridgehead atoms. The molecule has 8 aromatic rings. The van der Waals surface area contributed by atoms with Crippen LogP contribution < -0.4 is 19.3 Å². The van der Waals surface area contributed by atoms with Crippen LogP contribution in [0.5, 0.6) is 23.0 Å². The summed E-state index contributed by atoms with van der Waals surface area (Å²) in [5.41, 5.74) is 14.9. The minimum absolute atomic E-state index is 0.834. The van der Waals surface area contributed by atoms with Crippen molar-refractivity contribution in [2.45, 2.75) is 13.8 Å². The third-order valence-electron chi connectivity index (χ3n) is 10.3. The zero-order valence-electron chi connectivity index (χ0n) is 29.9. The van der Waals surface area contributed by atoms with Crippen LogP contribution in [0.4, 0.5) is 34.1 Å². The Morgan fingerprint density at radius 1 is 0.370 bits per heavy atom. The molecule has 7 aromatic carbocycles. The van der Waals surface area contributed by atoms with E-state index in [1.54, 1.807) is 0 Å². The van der Waals surface area contributed by atoms with Gasteiger partial charge in [0.1, 0.15) is 0 Å². The van der Waals surface area contributed by atoms with Gasteiger partial charge in [-0.05, 0) is 121 Å². The molecule has 258 valence electrons. The molecule has 0 saturated heterocycles. The monoisotopic (exact) mass is 697 g/mol. The number of fused-ring (bicyclic) bond motifs is 4. The first kappa shape index (κ1) is 31.6. The molecule has 5 nitrogen and oxygen atoms in total. The topological polar surface area (TPSA) is 37.8 Å². The summed E-state index contributed by atoms with van der Waals surface area (Å²) >= 11 is 0. The van der Waals surface area contributed by atoms with Gasteiger partial charge >= 0.3 is 0 Å². The number of para-hydroxylation sites is 8. The molecule has 0 N–H and O–H groups in total. The quantitative estimate of drug-likeness (QED) is 0.179. The third-order valence-corrected chi connectivity index (χ3v) is 10.3. The lowest BCUT2D eigenvalue weighted by atomic mass is 9.93. The average Bonchev–Trinajstić information content (AvgIpc) is 3.22. The average molecular weight is 698 g/mol. The Morgan fingerprint density at radius 2 is 0.722 bits per heavy atom. The van der Waals surface area contributed by atoms with E-state index in [-0.39, 0.29) is 0 Å². The first-order valence-electron chi connectivity index (χ1n) is 18.2. The Kier molecular flexibility index (Phi) is 7.51. The molecule has 54 heavy (non-hydrogen) atoms. The van der Waals surface area contributed by atoms with Crippen molar-refractivity contribution >= 4 is 34.1 Å². The van der Waals surface area contributed by atoms with Gasteiger partial charge in [0.25, 0.3) is 0 Å². The van der Waals surface area contributed by atoms with Crippen molar-refractivity contribution in [1.82, 2.24) is 4.98 Å². The number of benzene rings is 7. The highest BCUT2D eigenvalue weighted by Crippen LogP contribution is 2.51. The predicted molar refractivity (Wildman–Crippen MR) is 220 cm³/mol. The summed E-state index contributed by atoms with van der Waals surface area (Å²) in [5.74, 6) is 3.34. The standard InChI is InChI=1S/C49H35N3O2/c1-32-12-11-13-33(2)49(32)36-30-39(34-22-26-37(27-23-34)51-41-14-3-7-18-45(41)53-46-19-8-4-15-42(46)51)50-40(31-36)35-24-28-38(29-25-35)52-43-16-5-9-20-47(43)54-48-21-10-6-17-44(48)52/h3-31H,1-2H3. The molecule has 1 aromatic heterocycles. The highest BCUT2D eigenvalue weighted by Gasteiger charge is 2.27. The van der Waals surface area contributed by atoms with Gasteiger partial charge in [-0.3, -0.25) is 0 Å². The van der Waals surface area contributed by atoms with Crippen molar-refractivity contribution in [3.8, 4) is 56.6 Å². The first-order chi connectivity index (χ1) is 26.6. The Morgan fingerprint density at radius 3 is 1.09 bits per heavy atom. The summed E-state index contributed by atoms with van der Waals surface area (Å²) in [7, 11) is 0. The van der Waals surface area contributed by atoms with Crippen LogP contribution >= 0.6 is 0 Å². The fourth-order valence-corrected chi connectivity index (χ4v) is 7.77. The van der Waals surface area contributed by atoms with Crippen LogP contribution in [0.25, 0.3) is 33.6 Å². The Hall–Kier alpha value is -7.11. The molecule has 2 aliphatic heterocycles. The second kappa shape index (κ2) is 12.8. The van der Waals surface area contributed by atoms with Crippen molar-refractivity contribution < 1.29 is 9.47 Å². The summed E-state index contributed by atoms with van der Waals surface area (Å²) in [6.07, 6.45) is 0. The molecular weight excluding hydrogens is 663 g/mol. The number of aromatic nitrogens is 1. The molecular formula is C49H35N3O2. The summed E-state index contributed by atoms with van der Waals surface area (Å²) in [4.78, 5) is 9.84. The minimum Gasteiger partial charge on any atom is -0.453 e. The summed E-state index contributed by atoms with van der Waals surface area (Å²) in [5, 5.41) is 0. The summed E-state index contributed by atoms with van der Waals surface area (Å²) in [6, 6.07) is 61.0. The zero-order valence-corrected chi connectivity index (χ0v) is 29.9. The van der Waals surface area contributed by atoms with Gasteiger partial charge in [-0.15, -0.1) is 0 Å². The lowest BCUT2D eigenvalue weighted by Gasteiger charge is -2.32. The zero-order chi connectivity index (χ0) is 36.2. The molecule has 0 aliphatic carbocycles. The molecule has 3 heterocycles. The Labute approximate surface area is 315 Å². The van der Waals surface area contributed by atoms with E-state index in [9.17, 15) is 0 Å². The van der Waals surface area contributed by atoms with Crippen LogP contribution in [0.1, 0.15) is 11.1 Å². The van der Waals surface area contributed by atoms with Crippen molar-refractivity contribution in [2.75, 3.05) is 9.80 Å². The third kappa shape index (κ3) is 5.37. The Bertz CT molecular complexity index is 2430. The maximum Gasteiger partial charge on any atom is 0.151 e. The number of hydrogen-bond acceptors (Lipinski definition) is 5. The van der Waals surface area contributed by atoms with Gasteiger partial charge in [0.15, 0.2) is 23.0 Å². The molecule has 10 rings (SSSR count). The minimum atomic E-state index is 0.834. The smallest absolute Gasteiger partial charge is 0.151 e. The van der Waals surface area contributed by atoms with Crippen molar-refractivity contribution in [2.24, 2.45) is 0 Å². The van der Waals surface area contributed by atoms with Crippen LogP contribution in [0.2, 0.25) is 0 Å². The molecule has 0 saturated carbocycles. The maximum atomic E-state index is 6.26. The largest absolute Gasteiger partial charge is 0.453 e. The normalized spacial score (nSPS) is 12.5. The van der Waals surface area contributed by atoms with E-state index < -0.39 is 0 Å². The lowest BCUT2D eigenvalue weighted by Crippen LogP contribution is -2.15. The number of nitrogens with zero attached hydrogens (tertiary/aromatic N) is 3. The fraction of sp³-hybridized carbons (Fsp3) is 0.0408. The van der Waals surface area contributed by atoms with E-state index >= 15 is 0 Å². The second-order valence-electron chi connectivity index (χ2n) is 13.7. The number of ether oxygens (including phenoxy) is 2. The number of hydrogen-bond donors (Lipinski definition) is 0. The van der Waals surface area contributed by atoms with Crippen LogP contribution in [-0.2, 0) is 0 Å². The van der Waals surface area contributed by atoms with E-state index in [1.165, 1.54) is 16.7 Å². The van der Waals surface area contributed by atoms with Crippen molar-refractivity contribution in [3.05, 3.63) is 187 Å². The maximum absolute atomic E-state index is 6.26. The van der Waals surface area contributed by atoms with Crippen LogP contribution in [0.3, 0.4) is 0 Å². The molecule has 0 amide bonds. The molecule has 0 spiro atoms. The van der Waals surface area contributed by atoms with E-state index in [1.807, 2.05) is 72.8 Å². The molecule has 2 aliphatic rings. The van der Waals surface area contributed by atoms with Crippen LogP contribution in [-0.4, -0.2) is 4.98 Å². The van der Waals surface area contributed by atoms with Crippen LogP contribution in [0, 0.1) is 13.8 Å². The Balaban J connectivity index is 1.06. The first-order valence-corrected chi connectivity index (χ1v) is 18.2. The number of aryl methyl sites for hydroxylation is 2. The molecule has 0 unspecified atom stereocenters. The van der Waals surface area contributed by atoms with E-state index in [4.69, 9.17) is 14.5 Å². The SMILES string of the molecule is Cc1cccc(C)c1-c1cc(-c2ccc(N3c4ccccc4Oc4ccccc43)cc2)nc(-c2ccc(N3c4ccccc4Oc4ccccc43)cc2)c1. The van der Waals surface area contributed by atoms with Gasteiger partial charge in [-0.25, -0.2) is 4.98 Å². The van der Waals surface area contributed by atoms with Gasteiger partial charge in [0.05, 0.1) is 34.1 Å². The fourth-order valence-electron chi connectivity index (χ4n) is 7.77. The van der Waals surface area contributed by atoms with Crippen LogP contribution in [0.15, 0.2) is 176 Å². The van der Waals surface area contributed by atoms with E-state index in [2.05, 4.69) is 127 Å². The van der Waals surface area contributed by atoms with E-state index in [0.29, 0.717) is 0 Å². The lowest BCUT2D eigenvalue weighted by molar-refractivity contribution is 0.477. The van der Waals surface area contributed by atoms with Gasteiger partial charge in [0.2, 0.25) is 0 Å². The van der Waals surface area contributed by atoms with Crippen molar-refractivity contribution in [1.29, 1.82) is 0 Å². The number of rotatable bonds is 5. The van der Waals surface area contributed by atoms with Gasteiger partial charge < -0.3 is 19.3 Å².